The van der Waals surface area contributed by atoms with Crippen molar-refractivity contribution in [2.75, 3.05) is 11.3 Å². The van der Waals surface area contributed by atoms with Crippen molar-refractivity contribution in [1.29, 1.82) is 0 Å². The minimum Gasteiger partial charge on any atom is -0.456 e. The lowest BCUT2D eigenvalue weighted by Crippen LogP contribution is -2.22. The molecule has 0 atom stereocenters. The number of aryl methyl sites for hydroxylation is 3. The third-order valence-corrected chi connectivity index (χ3v) is 6.89. The molecule has 0 saturated heterocycles. The molecule has 2 aromatic heterocycles. The van der Waals surface area contributed by atoms with Crippen molar-refractivity contribution in [2.24, 2.45) is 7.05 Å². The van der Waals surface area contributed by atoms with Crippen molar-refractivity contribution in [3.8, 4) is 22.6 Å². The normalized spacial score (nSPS) is 11.1. The predicted octanol–water partition coefficient (Wildman–Crippen LogP) is 5.35. The fourth-order valence-electron chi connectivity index (χ4n) is 4.19. The zero-order chi connectivity index (χ0) is 27.8. The van der Waals surface area contributed by atoms with Gasteiger partial charge in [0, 0.05) is 42.0 Å². The summed E-state index contributed by atoms with van der Waals surface area (Å²) in [7, 11) is -2.24. The minimum absolute atomic E-state index is 0. The van der Waals surface area contributed by atoms with E-state index in [1.807, 2.05) is 0 Å². The van der Waals surface area contributed by atoms with Crippen LogP contribution in [0.15, 0.2) is 59.4 Å². The molecule has 9 nitrogen and oxygen atoms in total. The van der Waals surface area contributed by atoms with Crippen LogP contribution in [0.2, 0.25) is 0 Å². The Balaban J connectivity index is 0.00000420. The minimum atomic E-state index is -3.82. The van der Waals surface area contributed by atoms with E-state index in [0.717, 1.165) is 5.41 Å². The average Bonchev–Trinajstić information content (AvgIpc) is 3.30. The molecule has 4 rings (SSSR count). The number of nitrogens with zero attached hydrogens (tertiary/aromatic N) is 1. The summed E-state index contributed by atoms with van der Waals surface area (Å²) >= 11 is 0. The number of ether oxygens (including phenoxy) is 1. The number of hydrogen-bond acceptors (Lipinski definition) is 5. The van der Waals surface area contributed by atoms with Gasteiger partial charge in [-0.3, -0.25) is 14.3 Å². The molecule has 1 amide bonds. The SMILES string of the molecule is C.C=CS(=O)(=O)Nc1ccc(Oc2c(C)cc(F)cc2C)c(-c2cn(C)c(=O)c3cc(C(=O)NCC)[nH]c23)c1. The summed E-state index contributed by atoms with van der Waals surface area (Å²) in [5.74, 6) is -0.0230. The van der Waals surface area contributed by atoms with Crippen LogP contribution in [0.25, 0.3) is 22.0 Å². The first-order valence-corrected chi connectivity index (χ1v) is 13.2. The molecule has 0 unspecified atom stereocenters. The summed E-state index contributed by atoms with van der Waals surface area (Å²) < 4.78 is 48.3. The van der Waals surface area contributed by atoms with E-state index in [1.165, 1.54) is 28.8 Å². The zero-order valence-corrected chi connectivity index (χ0v) is 22.1. The number of halogens is 1. The highest BCUT2D eigenvalue weighted by molar-refractivity contribution is 7.95. The van der Waals surface area contributed by atoms with Gasteiger partial charge < -0.3 is 19.6 Å². The largest absolute Gasteiger partial charge is 0.456 e. The maximum atomic E-state index is 13.9. The predicted molar refractivity (Wildman–Crippen MR) is 152 cm³/mol. The van der Waals surface area contributed by atoms with Gasteiger partial charge in [-0.25, -0.2) is 12.8 Å². The van der Waals surface area contributed by atoms with E-state index in [1.54, 1.807) is 46.1 Å². The molecule has 0 fully saturated rings. The van der Waals surface area contributed by atoms with Crippen LogP contribution >= 0.6 is 0 Å². The molecular weight excluding hydrogens is 523 g/mol. The highest BCUT2D eigenvalue weighted by atomic mass is 32.2. The van der Waals surface area contributed by atoms with Gasteiger partial charge in [0.2, 0.25) is 0 Å². The Kier molecular flexibility index (Phi) is 8.35. The second kappa shape index (κ2) is 11.2. The molecule has 206 valence electrons. The Morgan fingerprint density at radius 3 is 2.44 bits per heavy atom. The van der Waals surface area contributed by atoms with Crippen LogP contribution in [-0.4, -0.2) is 30.4 Å². The van der Waals surface area contributed by atoms with E-state index in [2.05, 4.69) is 21.6 Å². The van der Waals surface area contributed by atoms with Crippen LogP contribution < -0.4 is 20.3 Å². The van der Waals surface area contributed by atoms with E-state index in [0.29, 0.717) is 45.8 Å². The molecule has 2 heterocycles. The first-order valence-electron chi connectivity index (χ1n) is 11.7. The monoisotopic (exact) mass is 554 g/mol. The highest BCUT2D eigenvalue weighted by Gasteiger charge is 2.20. The number of H-pyrrole nitrogens is 1. The number of aromatic nitrogens is 2. The third-order valence-electron chi connectivity index (χ3n) is 5.93. The lowest BCUT2D eigenvalue weighted by molar-refractivity contribution is 0.0951. The van der Waals surface area contributed by atoms with E-state index < -0.39 is 15.8 Å². The van der Waals surface area contributed by atoms with Crippen molar-refractivity contribution in [3.05, 3.63) is 87.6 Å². The number of carbonyl (C=O) groups is 1. The van der Waals surface area contributed by atoms with E-state index in [9.17, 15) is 22.4 Å². The van der Waals surface area contributed by atoms with Gasteiger partial charge in [0.05, 0.1) is 10.9 Å². The fourth-order valence-corrected chi connectivity index (χ4v) is 4.73. The van der Waals surface area contributed by atoms with Gasteiger partial charge in [0.25, 0.3) is 21.5 Å². The summed E-state index contributed by atoms with van der Waals surface area (Å²) in [5, 5.41) is 3.75. The van der Waals surface area contributed by atoms with Crippen molar-refractivity contribution in [2.45, 2.75) is 28.2 Å². The molecule has 0 aliphatic heterocycles. The molecule has 0 spiro atoms. The molecule has 0 aliphatic rings. The summed E-state index contributed by atoms with van der Waals surface area (Å²) in [5.41, 5.74) is 2.48. The highest BCUT2D eigenvalue weighted by Crippen LogP contribution is 2.40. The molecule has 0 bridgehead atoms. The van der Waals surface area contributed by atoms with Gasteiger partial charge in [-0.05, 0) is 68.3 Å². The smallest absolute Gasteiger partial charge is 0.267 e. The number of fused-ring (bicyclic) bond motifs is 1. The maximum Gasteiger partial charge on any atom is 0.267 e. The fraction of sp³-hybridized carbons (Fsp3) is 0.214. The molecule has 11 heteroatoms. The summed E-state index contributed by atoms with van der Waals surface area (Å²) in [4.78, 5) is 28.5. The second-order valence-electron chi connectivity index (χ2n) is 8.79. The van der Waals surface area contributed by atoms with Crippen LogP contribution in [0.1, 0.15) is 36.0 Å². The zero-order valence-electron chi connectivity index (χ0n) is 21.3. The van der Waals surface area contributed by atoms with Gasteiger partial charge in [-0.2, -0.15) is 0 Å². The average molecular weight is 555 g/mol. The first-order chi connectivity index (χ1) is 17.9. The maximum absolute atomic E-state index is 13.9. The summed E-state index contributed by atoms with van der Waals surface area (Å²) in [6, 6.07) is 8.82. The molecule has 0 saturated carbocycles. The first kappa shape index (κ1) is 29.2. The Bertz CT molecular complexity index is 1730. The van der Waals surface area contributed by atoms with Crippen molar-refractivity contribution in [1.82, 2.24) is 14.9 Å². The van der Waals surface area contributed by atoms with Crippen LogP contribution in [0.5, 0.6) is 11.5 Å². The standard InChI is InChI=1S/C27H27FN4O5S.CH4/c1-6-29-26(33)22-13-20-24(30-22)21(14-32(5)27(20)34)19-12-18(31-38(35,36)7-2)8-9-23(19)37-25-15(3)10-17(28)11-16(25)4;/h7-14,30-31H,2,6H2,1,3-5H3,(H,29,33);1H4. The van der Waals surface area contributed by atoms with Crippen LogP contribution in [-0.2, 0) is 17.1 Å². The number of carbonyl (C=O) groups excluding carboxylic acids is 1. The van der Waals surface area contributed by atoms with Crippen molar-refractivity contribution >= 4 is 32.5 Å². The van der Waals surface area contributed by atoms with Crippen LogP contribution in [0.4, 0.5) is 10.1 Å². The lowest BCUT2D eigenvalue weighted by atomic mass is 10.0. The molecule has 4 aromatic rings. The van der Waals surface area contributed by atoms with Crippen molar-refractivity contribution < 1.29 is 22.3 Å². The van der Waals surface area contributed by atoms with E-state index >= 15 is 0 Å². The Labute approximate surface area is 226 Å². The number of aromatic amines is 1. The van der Waals surface area contributed by atoms with Crippen molar-refractivity contribution in [3.63, 3.8) is 0 Å². The van der Waals surface area contributed by atoms with Gasteiger partial charge in [-0.1, -0.05) is 14.0 Å². The second-order valence-corrected chi connectivity index (χ2v) is 10.4. The topological polar surface area (TPSA) is 122 Å². The van der Waals surface area contributed by atoms with Gasteiger partial charge in [0.1, 0.15) is 23.0 Å². The number of amides is 1. The van der Waals surface area contributed by atoms with Gasteiger partial charge >= 0.3 is 0 Å². The number of anilines is 1. The number of rotatable bonds is 8. The molecule has 2 aromatic carbocycles. The van der Waals surface area contributed by atoms with E-state index in [-0.39, 0.29) is 35.7 Å². The van der Waals surface area contributed by atoms with Gasteiger partial charge in [0.15, 0.2) is 0 Å². The number of pyridine rings is 1. The number of benzene rings is 2. The Morgan fingerprint density at radius 2 is 1.82 bits per heavy atom. The molecule has 0 aliphatic carbocycles. The van der Waals surface area contributed by atoms with Crippen LogP contribution in [0, 0.1) is 19.7 Å². The summed E-state index contributed by atoms with van der Waals surface area (Å²) in [6.45, 7) is 8.93. The number of hydrogen-bond donors (Lipinski definition) is 3. The van der Waals surface area contributed by atoms with Crippen LogP contribution in [0.3, 0.4) is 0 Å². The molecule has 0 radical (unpaired) electrons. The van der Waals surface area contributed by atoms with E-state index in [4.69, 9.17) is 4.74 Å². The molecular formula is C28H31FN4O5S. The molecule has 3 N–H and O–H groups in total. The third kappa shape index (κ3) is 5.88. The Morgan fingerprint density at radius 1 is 1.15 bits per heavy atom. The lowest BCUT2D eigenvalue weighted by Gasteiger charge is -2.17. The number of sulfonamides is 1. The summed E-state index contributed by atoms with van der Waals surface area (Å²) in [6.07, 6.45) is 1.57. The Hall–Kier alpha value is -4.38. The van der Waals surface area contributed by atoms with Gasteiger partial charge in [-0.15, -0.1) is 0 Å². The quantitative estimate of drug-likeness (QED) is 0.271. The number of nitrogens with one attached hydrogen (secondary N) is 3. The molecule has 39 heavy (non-hydrogen) atoms.